The zero-order valence-corrected chi connectivity index (χ0v) is 10.3. The molecule has 0 saturated carbocycles. The van der Waals surface area contributed by atoms with Crippen LogP contribution < -0.4 is 4.74 Å². The molecule has 1 atom stereocenters. The van der Waals surface area contributed by atoms with Crippen LogP contribution in [0.3, 0.4) is 0 Å². The molecule has 2 aromatic rings. The van der Waals surface area contributed by atoms with Gasteiger partial charge in [0.2, 0.25) is 0 Å². The summed E-state index contributed by atoms with van der Waals surface area (Å²) in [7, 11) is 0. The number of hydrogen-bond acceptors (Lipinski definition) is 1. The smallest absolute Gasteiger partial charge is 0.126 e. The Kier molecular flexibility index (Phi) is 3.81. The molecule has 0 bridgehead atoms. The third-order valence-corrected chi connectivity index (χ3v) is 2.74. The highest BCUT2D eigenvalue weighted by Gasteiger charge is 2.17. The summed E-state index contributed by atoms with van der Waals surface area (Å²) >= 11 is 0. The average molecular weight is 226 g/mol. The minimum Gasteiger partial charge on any atom is -0.485 e. The van der Waals surface area contributed by atoms with Gasteiger partial charge in [-0.05, 0) is 23.6 Å². The second kappa shape index (κ2) is 5.53. The standard InChI is InChI=1S/C16H18O/c1-13(2)16(14-9-5-3-6-10-14)17-15-11-7-4-8-12-15/h3-13,16H,1-2H3. The second-order valence-corrected chi connectivity index (χ2v) is 4.51. The Morgan fingerprint density at radius 3 is 1.82 bits per heavy atom. The highest BCUT2D eigenvalue weighted by molar-refractivity contribution is 5.24. The van der Waals surface area contributed by atoms with Gasteiger partial charge in [0, 0.05) is 0 Å². The lowest BCUT2D eigenvalue weighted by Gasteiger charge is -2.23. The van der Waals surface area contributed by atoms with Gasteiger partial charge in [0.05, 0.1) is 0 Å². The van der Waals surface area contributed by atoms with Crippen LogP contribution in [0.4, 0.5) is 0 Å². The third-order valence-electron chi connectivity index (χ3n) is 2.74. The number of para-hydroxylation sites is 1. The third kappa shape index (κ3) is 3.10. The van der Waals surface area contributed by atoms with E-state index in [4.69, 9.17) is 4.74 Å². The van der Waals surface area contributed by atoms with Crippen LogP contribution in [0.25, 0.3) is 0 Å². The quantitative estimate of drug-likeness (QED) is 0.747. The molecule has 17 heavy (non-hydrogen) atoms. The Morgan fingerprint density at radius 1 is 0.765 bits per heavy atom. The van der Waals surface area contributed by atoms with Crippen molar-refractivity contribution in [2.24, 2.45) is 5.92 Å². The van der Waals surface area contributed by atoms with E-state index < -0.39 is 0 Å². The molecule has 0 aliphatic carbocycles. The van der Waals surface area contributed by atoms with E-state index in [0.29, 0.717) is 5.92 Å². The van der Waals surface area contributed by atoms with Crippen molar-refractivity contribution in [3.63, 3.8) is 0 Å². The first-order chi connectivity index (χ1) is 8.27. The summed E-state index contributed by atoms with van der Waals surface area (Å²) in [5.74, 6) is 1.37. The highest BCUT2D eigenvalue weighted by atomic mass is 16.5. The van der Waals surface area contributed by atoms with E-state index >= 15 is 0 Å². The van der Waals surface area contributed by atoms with Crippen molar-refractivity contribution < 1.29 is 4.74 Å². The molecule has 0 fully saturated rings. The van der Waals surface area contributed by atoms with E-state index in [2.05, 4.69) is 38.1 Å². The maximum absolute atomic E-state index is 6.06. The van der Waals surface area contributed by atoms with Gasteiger partial charge in [-0.15, -0.1) is 0 Å². The Bertz CT molecular complexity index is 434. The van der Waals surface area contributed by atoms with Gasteiger partial charge < -0.3 is 4.74 Å². The summed E-state index contributed by atoms with van der Waals surface area (Å²) in [6.07, 6.45) is 0.110. The molecule has 0 saturated heterocycles. The SMILES string of the molecule is CC(C)C(Oc1ccccc1)c1ccccc1. The van der Waals surface area contributed by atoms with Crippen molar-refractivity contribution >= 4 is 0 Å². The van der Waals surface area contributed by atoms with Gasteiger partial charge in [-0.2, -0.15) is 0 Å². The Labute approximate surface area is 103 Å². The Hall–Kier alpha value is -1.76. The summed E-state index contributed by atoms with van der Waals surface area (Å²) in [4.78, 5) is 0. The zero-order valence-electron chi connectivity index (χ0n) is 10.3. The lowest BCUT2D eigenvalue weighted by atomic mass is 9.99. The molecule has 0 aromatic heterocycles. The summed E-state index contributed by atoms with van der Waals surface area (Å²) in [5.41, 5.74) is 1.23. The molecule has 0 amide bonds. The van der Waals surface area contributed by atoms with Gasteiger partial charge in [-0.1, -0.05) is 62.4 Å². The first kappa shape index (κ1) is 11.7. The molecule has 0 N–H and O–H groups in total. The number of ether oxygens (including phenoxy) is 1. The van der Waals surface area contributed by atoms with Gasteiger partial charge in [-0.25, -0.2) is 0 Å². The molecule has 0 aliphatic rings. The summed E-state index contributed by atoms with van der Waals surface area (Å²) < 4.78 is 6.06. The minimum atomic E-state index is 0.110. The molecule has 1 nitrogen and oxygen atoms in total. The lowest BCUT2D eigenvalue weighted by Crippen LogP contribution is -2.13. The topological polar surface area (TPSA) is 9.23 Å². The van der Waals surface area contributed by atoms with Crippen molar-refractivity contribution in [1.82, 2.24) is 0 Å². The second-order valence-electron chi connectivity index (χ2n) is 4.51. The normalized spacial score (nSPS) is 12.4. The van der Waals surface area contributed by atoms with Crippen LogP contribution in [0.15, 0.2) is 60.7 Å². The molecule has 1 unspecified atom stereocenters. The van der Waals surface area contributed by atoms with E-state index in [1.165, 1.54) is 5.56 Å². The molecule has 88 valence electrons. The van der Waals surface area contributed by atoms with Crippen LogP contribution in [0, 0.1) is 5.92 Å². The predicted octanol–water partition coefficient (Wildman–Crippen LogP) is 4.46. The van der Waals surface area contributed by atoms with Crippen molar-refractivity contribution in [1.29, 1.82) is 0 Å². The molecule has 1 heteroatoms. The van der Waals surface area contributed by atoms with Crippen LogP contribution in [-0.2, 0) is 0 Å². The van der Waals surface area contributed by atoms with E-state index in [9.17, 15) is 0 Å². The van der Waals surface area contributed by atoms with Gasteiger partial charge in [0.25, 0.3) is 0 Å². The largest absolute Gasteiger partial charge is 0.485 e. The zero-order chi connectivity index (χ0) is 12.1. The molecule has 0 heterocycles. The Balaban J connectivity index is 2.20. The van der Waals surface area contributed by atoms with Crippen LogP contribution >= 0.6 is 0 Å². The molecule has 2 rings (SSSR count). The lowest BCUT2D eigenvalue weighted by molar-refractivity contribution is 0.153. The van der Waals surface area contributed by atoms with E-state index in [1.807, 2.05) is 36.4 Å². The summed E-state index contributed by atoms with van der Waals surface area (Å²) in [5, 5.41) is 0. The molecule has 0 spiro atoms. The molecule has 0 radical (unpaired) electrons. The first-order valence-corrected chi connectivity index (χ1v) is 6.04. The number of benzene rings is 2. The van der Waals surface area contributed by atoms with E-state index in [-0.39, 0.29) is 6.10 Å². The highest BCUT2D eigenvalue weighted by Crippen LogP contribution is 2.27. The minimum absolute atomic E-state index is 0.110. The molecule has 0 aliphatic heterocycles. The van der Waals surface area contributed by atoms with Crippen molar-refractivity contribution in [2.45, 2.75) is 20.0 Å². The van der Waals surface area contributed by atoms with Crippen molar-refractivity contribution in [3.05, 3.63) is 66.2 Å². The van der Waals surface area contributed by atoms with E-state index in [0.717, 1.165) is 5.75 Å². The van der Waals surface area contributed by atoms with Crippen LogP contribution in [0.2, 0.25) is 0 Å². The van der Waals surface area contributed by atoms with Crippen molar-refractivity contribution in [3.8, 4) is 5.75 Å². The monoisotopic (exact) mass is 226 g/mol. The first-order valence-electron chi connectivity index (χ1n) is 6.04. The fourth-order valence-electron chi connectivity index (χ4n) is 1.88. The van der Waals surface area contributed by atoms with Gasteiger partial charge in [-0.3, -0.25) is 0 Å². The molecular formula is C16H18O. The van der Waals surface area contributed by atoms with Crippen LogP contribution in [0.5, 0.6) is 5.75 Å². The fourth-order valence-corrected chi connectivity index (χ4v) is 1.88. The number of hydrogen-bond donors (Lipinski definition) is 0. The number of rotatable bonds is 4. The van der Waals surface area contributed by atoms with Crippen molar-refractivity contribution in [2.75, 3.05) is 0 Å². The van der Waals surface area contributed by atoms with Crippen LogP contribution in [-0.4, -0.2) is 0 Å². The van der Waals surface area contributed by atoms with Crippen LogP contribution in [0.1, 0.15) is 25.5 Å². The maximum atomic E-state index is 6.06. The van der Waals surface area contributed by atoms with E-state index in [1.54, 1.807) is 0 Å². The predicted molar refractivity (Wildman–Crippen MR) is 71.1 cm³/mol. The maximum Gasteiger partial charge on any atom is 0.126 e. The van der Waals surface area contributed by atoms with Gasteiger partial charge in [0.1, 0.15) is 11.9 Å². The summed E-state index contributed by atoms with van der Waals surface area (Å²) in [6.45, 7) is 4.36. The fraction of sp³-hybridized carbons (Fsp3) is 0.250. The summed E-state index contributed by atoms with van der Waals surface area (Å²) in [6, 6.07) is 20.4. The van der Waals surface area contributed by atoms with Gasteiger partial charge >= 0.3 is 0 Å². The Morgan fingerprint density at radius 2 is 1.29 bits per heavy atom. The molecular weight excluding hydrogens is 208 g/mol. The average Bonchev–Trinajstić information content (AvgIpc) is 2.38. The van der Waals surface area contributed by atoms with Gasteiger partial charge in [0.15, 0.2) is 0 Å². The molecule has 2 aromatic carbocycles.